The minimum Gasteiger partial charge on any atom is -0.454 e. The number of carbonyl (C=O) groups excluding carboxylic acids is 2. The standard InChI is InChI=1S/C18H19N3O5/c1-11-4-6-12(7-5-11)8-9-14(23)26-10-13(22)15-16(19)20(2)18(25)21(3)17(15)24/h4-9H,10,19H2,1-3H3. The van der Waals surface area contributed by atoms with Crippen molar-refractivity contribution in [3.8, 4) is 0 Å². The first-order valence-electron chi connectivity index (χ1n) is 7.72. The number of rotatable bonds is 5. The summed E-state index contributed by atoms with van der Waals surface area (Å²) in [5.74, 6) is -1.79. The van der Waals surface area contributed by atoms with Crippen LogP contribution in [0.15, 0.2) is 39.9 Å². The molecule has 2 rings (SSSR count). The number of benzene rings is 1. The van der Waals surface area contributed by atoms with Gasteiger partial charge in [0.2, 0.25) is 5.78 Å². The van der Waals surface area contributed by atoms with E-state index in [1.807, 2.05) is 31.2 Å². The molecule has 2 N–H and O–H groups in total. The zero-order chi connectivity index (χ0) is 19.4. The molecule has 0 aliphatic rings. The van der Waals surface area contributed by atoms with Gasteiger partial charge in [0.05, 0.1) is 0 Å². The summed E-state index contributed by atoms with van der Waals surface area (Å²) < 4.78 is 6.60. The number of nitrogen functional groups attached to an aromatic ring is 1. The van der Waals surface area contributed by atoms with Crippen molar-refractivity contribution in [2.24, 2.45) is 14.1 Å². The van der Waals surface area contributed by atoms with Crippen LogP contribution in [0, 0.1) is 6.92 Å². The molecule has 26 heavy (non-hydrogen) atoms. The Labute approximate surface area is 149 Å². The van der Waals surface area contributed by atoms with Gasteiger partial charge in [-0.1, -0.05) is 29.8 Å². The van der Waals surface area contributed by atoms with Crippen molar-refractivity contribution in [2.75, 3.05) is 12.3 Å². The molecule has 0 amide bonds. The number of nitrogens with zero attached hydrogens (tertiary/aromatic N) is 2. The normalized spacial score (nSPS) is 10.9. The third-order valence-electron chi connectivity index (χ3n) is 3.82. The smallest absolute Gasteiger partial charge is 0.332 e. The van der Waals surface area contributed by atoms with Crippen LogP contribution in [0.2, 0.25) is 0 Å². The van der Waals surface area contributed by atoms with Crippen molar-refractivity contribution < 1.29 is 14.3 Å². The maximum Gasteiger partial charge on any atom is 0.332 e. The number of Topliss-reactive ketones (excluding diaryl/α,β-unsaturated/α-hetero) is 1. The zero-order valence-electron chi connectivity index (χ0n) is 14.7. The van der Waals surface area contributed by atoms with Crippen molar-refractivity contribution >= 4 is 23.6 Å². The first-order chi connectivity index (χ1) is 12.2. The highest BCUT2D eigenvalue weighted by molar-refractivity contribution is 6.01. The van der Waals surface area contributed by atoms with Gasteiger partial charge in [-0.3, -0.25) is 18.7 Å². The Balaban J connectivity index is 2.09. The van der Waals surface area contributed by atoms with Crippen LogP contribution >= 0.6 is 0 Å². The Kier molecular flexibility index (Phi) is 5.56. The van der Waals surface area contributed by atoms with Gasteiger partial charge >= 0.3 is 11.7 Å². The number of ether oxygens (including phenoxy) is 1. The number of carbonyl (C=O) groups is 2. The number of nitrogens with two attached hydrogens (primary N) is 1. The lowest BCUT2D eigenvalue weighted by molar-refractivity contribution is -0.136. The number of anilines is 1. The number of aromatic nitrogens is 2. The van der Waals surface area contributed by atoms with E-state index in [9.17, 15) is 19.2 Å². The lowest BCUT2D eigenvalue weighted by Gasteiger charge is -2.10. The number of hydrogen-bond donors (Lipinski definition) is 1. The largest absolute Gasteiger partial charge is 0.454 e. The Hall–Kier alpha value is -3.42. The van der Waals surface area contributed by atoms with E-state index in [0.29, 0.717) is 0 Å². The molecule has 136 valence electrons. The first kappa shape index (κ1) is 18.9. The number of hydrogen-bond acceptors (Lipinski definition) is 6. The van der Waals surface area contributed by atoms with Crippen LogP contribution in [-0.4, -0.2) is 27.5 Å². The highest BCUT2D eigenvalue weighted by Gasteiger charge is 2.21. The van der Waals surface area contributed by atoms with Crippen LogP contribution in [-0.2, 0) is 23.6 Å². The molecule has 0 spiro atoms. The molecule has 8 heteroatoms. The Bertz CT molecular complexity index is 997. The summed E-state index contributed by atoms with van der Waals surface area (Å²) in [5, 5.41) is 0. The second-order valence-corrected chi connectivity index (χ2v) is 5.74. The van der Waals surface area contributed by atoms with E-state index >= 15 is 0 Å². The summed E-state index contributed by atoms with van der Waals surface area (Å²) in [4.78, 5) is 47.8. The highest BCUT2D eigenvalue weighted by atomic mass is 16.5. The molecule has 0 bridgehead atoms. The van der Waals surface area contributed by atoms with Gasteiger partial charge in [0, 0.05) is 20.2 Å². The summed E-state index contributed by atoms with van der Waals surface area (Å²) in [7, 11) is 2.57. The topological polar surface area (TPSA) is 113 Å². The maximum atomic E-state index is 12.2. The summed E-state index contributed by atoms with van der Waals surface area (Å²) in [6, 6.07) is 7.46. The molecule has 0 radical (unpaired) electrons. The van der Waals surface area contributed by atoms with E-state index in [1.165, 1.54) is 20.2 Å². The minimum absolute atomic E-state index is 0.269. The highest BCUT2D eigenvalue weighted by Crippen LogP contribution is 2.06. The molecule has 1 aromatic heterocycles. The zero-order valence-corrected chi connectivity index (χ0v) is 14.7. The molecule has 0 fully saturated rings. The molecular formula is C18H19N3O5. The van der Waals surface area contributed by atoms with Crippen molar-refractivity contribution in [1.29, 1.82) is 0 Å². The van der Waals surface area contributed by atoms with Crippen LogP contribution in [0.3, 0.4) is 0 Å². The van der Waals surface area contributed by atoms with Gasteiger partial charge < -0.3 is 10.5 Å². The quantitative estimate of drug-likeness (QED) is 0.471. The molecule has 0 aliphatic carbocycles. The molecule has 1 aromatic carbocycles. The van der Waals surface area contributed by atoms with Crippen LogP contribution in [0.1, 0.15) is 21.5 Å². The van der Waals surface area contributed by atoms with Gasteiger partial charge in [0.15, 0.2) is 6.61 Å². The molecule has 2 aromatic rings. The maximum absolute atomic E-state index is 12.2. The number of esters is 1. The van der Waals surface area contributed by atoms with Crippen molar-refractivity contribution in [3.63, 3.8) is 0 Å². The van der Waals surface area contributed by atoms with E-state index in [4.69, 9.17) is 10.5 Å². The molecule has 0 saturated heterocycles. The Morgan fingerprint density at radius 1 is 1.12 bits per heavy atom. The molecule has 0 aliphatic heterocycles. The van der Waals surface area contributed by atoms with Gasteiger partial charge in [-0.15, -0.1) is 0 Å². The van der Waals surface area contributed by atoms with Crippen LogP contribution < -0.4 is 17.0 Å². The van der Waals surface area contributed by atoms with Crippen molar-refractivity contribution in [1.82, 2.24) is 9.13 Å². The predicted octanol–water partition coefficient (Wildman–Crippen LogP) is 0.414. The van der Waals surface area contributed by atoms with E-state index in [2.05, 4.69) is 0 Å². The van der Waals surface area contributed by atoms with Gasteiger partial charge in [0.1, 0.15) is 11.4 Å². The molecule has 0 atom stereocenters. The van der Waals surface area contributed by atoms with Gasteiger partial charge in [-0.25, -0.2) is 9.59 Å². The third kappa shape index (κ3) is 3.97. The second kappa shape index (κ2) is 7.64. The summed E-state index contributed by atoms with van der Waals surface area (Å²) in [6.45, 7) is 1.29. The summed E-state index contributed by atoms with van der Waals surface area (Å²) >= 11 is 0. The van der Waals surface area contributed by atoms with Crippen molar-refractivity contribution in [2.45, 2.75) is 6.92 Å². The summed E-state index contributed by atoms with van der Waals surface area (Å²) in [5.41, 5.74) is 5.71. The number of ketones is 1. The Morgan fingerprint density at radius 2 is 1.73 bits per heavy atom. The average molecular weight is 357 g/mol. The molecule has 0 unspecified atom stereocenters. The fourth-order valence-electron chi connectivity index (χ4n) is 2.22. The fourth-order valence-corrected chi connectivity index (χ4v) is 2.22. The van der Waals surface area contributed by atoms with Gasteiger partial charge in [-0.2, -0.15) is 0 Å². The Morgan fingerprint density at radius 3 is 2.35 bits per heavy atom. The van der Waals surface area contributed by atoms with Crippen LogP contribution in [0.5, 0.6) is 0 Å². The van der Waals surface area contributed by atoms with E-state index in [1.54, 1.807) is 6.08 Å². The fraction of sp³-hybridized carbons (Fsp3) is 0.222. The molecule has 0 saturated carbocycles. The third-order valence-corrected chi connectivity index (χ3v) is 3.82. The van der Waals surface area contributed by atoms with E-state index < -0.39 is 29.6 Å². The van der Waals surface area contributed by atoms with E-state index in [0.717, 1.165) is 20.3 Å². The minimum atomic E-state index is -0.832. The molecular weight excluding hydrogens is 338 g/mol. The van der Waals surface area contributed by atoms with Gasteiger partial charge in [0.25, 0.3) is 5.56 Å². The van der Waals surface area contributed by atoms with Gasteiger partial charge in [-0.05, 0) is 18.6 Å². The lowest BCUT2D eigenvalue weighted by Crippen LogP contribution is -2.42. The molecule has 1 heterocycles. The van der Waals surface area contributed by atoms with Crippen LogP contribution in [0.4, 0.5) is 5.82 Å². The number of aryl methyl sites for hydroxylation is 1. The predicted molar refractivity (Wildman–Crippen MR) is 96.8 cm³/mol. The molecule has 8 nitrogen and oxygen atoms in total. The monoisotopic (exact) mass is 357 g/mol. The summed E-state index contributed by atoms with van der Waals surface area (Å²) in [6.07, 6.45) is 2.73. The first-order valence-corrected chi connectivity index (χ1v) is 7.72. The van der Waals surface area contributed by atoms with E-state index in [-0.39, 0.29) is 11.4 Å². The lowest BCUT2D eigenvalue weighted by atomic mass is 10.1. The second-order valence-electron chi connectivity index (χ2n) is 5.74. The average Bonchev–Trinajstić information content (AvgIpc) is 2.62. The van der Waals surface area contributed by atoms with Crippen molar-refractivity contribution in [3.05, 3.63) is 67.9 Å². The SMILES string of the molecule is Cc1ccc(C=CC(=O)OCC(=O)c2c(N)n(C)c(=O)n(C)c2=O)cc1. The van der Waals surface area contributed by atoms with Crippen LogP contribution in [0.25, 0.3) is 6.08 Å².